The third-order valence-electron chi connectivity index (χ3n) is 10.2. The number of aliphatic carboxylic acids is 1. The second-order valence-electron chi connectivity index (χ2n) is 11.2. The number of hydrogen-bond acceptors (Lipinski definition) is 6. The first kappa shape index (κ1) is 18.7. The van der Waals surface area contributed by atoms with E-state index in [-0.39, 0.29) is 46.9 Å². The number of hydrogen-bond donors (Lipinski definition) is 1. The van der Waals surface area contributed by atoms with Gasteiger partial charge >= 0.3 is 11.9 Å². The molecule has 9 atom stereocenters. The lowest BCUT2D eigenvalue weighted by Crippen LogP contribution is -2.65. The van der Waals surface area contributed by atoms with Crippen LogP contribution in [0.15, 0.2) is 23.5 Å². The fourth-order valence-electron chi connectivity index (χ4n) is 8.88. The van der Waals surface area contributed by atoms with Gasteiger partial charge in [0, 0.05) is 11.0 Å². The average molecular weight is 428 g/mol. The van der Waals surface area contributed by atoms with E-state index in [9.17, 15) is 9.59 Å². The maximum absolute atomic E-state index is 12.2. The molecule has 7 nitrogen and oxygen atoms in total. The summed E-state index contributed by atoms with van der Waals surface area (Å²) < 4.78 is 24.8. The van der Waals surface area contributed by atoms with Crippen LogP contribution in [0.4, 0.5) is 0 Å². The van der Waals surface area contributed by atoms with Crippen molar-refractivity contribution in [3.8, 4) is 0 Å². The zero-order valence-corrected chi connectivity index (χ0v) is 18.1. The highest BCUT2D eigenvalue weighted by atomic mass is 16.7. The van der Waals surface area contributed by atoms with Gasteiger partial charge in [-0.2, -0.15) is 0 Å². The zero-order chi connectivity index (χ0) is 21.6. The van der Waals surface area contributed by atoms with Crippen molar-refractivity contribution in [2.24, 2.45) is 28.6 Å². The molecule has 3 saturated carbocycles. The van der Waals surface area contributed by atoms with E-state index in [1.165, 1.54) is 11.8 Å². The van der Waals surface area contributed by atoms with Crippen LogP contribution in [0.2, 0.25) is 0 Å². The number of fused-ring (bicyclic) bond motifs is 4. The fourth-order valence-corrected chi connectivity index (χ4v) is 8.88. The lowest BCUT2D eigenvalue weighted by Gasteiger charge is -2.56. The molecule has 0 aromatic rings. The summed E-state index contributed by atoms with van der Waals surface area (Å²) in [7, 11) is 0. The molecule has 7 rings (SSSR count). The number of epoxide rings is 2. The molecule has 0 aromatic carbocycles. The van der Waals surface area contributed by atoms with Gasteiger partial charge in [0.05, 0.1) is 24.5 Å². The summed E-state index contributed by atoms with van der Waals surface area (Å²) in [5.41, 5.74) is 1.17. The van der Waals surface area contributed by atoms with E-state index in [0.717, 1.165) is 37.3 Å². The Morgan fingerprint density at radius 2 is 2.13 bits per heavy atom. The summed E-state index contributed by atoms with van der Waals surface area (Å²) in [6.45, 7) is 7.13. The molecule has 0 aromatic heterocycles. The number of carbonyl (C=O) groups is 2. The summed E-state index contributed by atoms with van der Waals surface area (Å²) in [5.74, 6) is -0.208. The number of carbonyl (C=O) groups excluding carboxylic acids is 1. The van der Waals surface area contributed by atoms with Crippen LogP contribution >= 0.6 is 0 Å². The molecule has 31 heavy (non-hydrogen) atoms. The number of ether oxygens (including phenoxy) is 4. The van der Waals surface area contributed by atoms with E-state index >= 15 is 0 Å². The second kappa shape index (κ2) is 5.20. The van der Waals surface area contributed by atoms with Crippen molar-refractivity contribution in [1.82, 2.24) is 0 Å². The molecular formula is C24H28O7. The van der Waals surface area contributed by atoms with Gasteiger partial charge in [0.25, 0.3) is 0 Å². The highest BCUT2D eigenvalue weighted by Crippen LogP contribution is 2.90. The molecule has 7 heteroatoms. The molecular weight excluding hydrogens is 400 g/mol. The molecule has 3 heterocycles. The molecule has 5 fully saturated rings. The highest BCUT2D eigenvalue weighted by molar-refractivity contribution is 5.92. The summed E-state index contributed by atoms with van der Waals surface area (Å²) in [6, 6.07) is 0. The van der Waals surface area contributed by atoms with Gasteiger partial charge < -0.3 is 24.1 Å². The summed E-state index contributed by atoms with van der Waals surface area (Å²) in [4.78, 5) is 23.3. The number of carboxylic acids is 1. The maximum Gasteiger partial charge on any atom is 0.334 e. The lowest BCUT2D eigenvalue weighted by molar-refractivity contribution is -0.136. The van der Waals surface area contributed by atoms with Crippen molar-refractivity contribution >= 4 is 11.9 Å². The van der Waals surface area contributed by atoms with Gasteiger partial charge in [-0.15, -0.1) is 0 Å². The predicted octanol–water partition coefficient (Wildman–Crippen LogP) is 2.59. The third kappa shape index (κ3) is 1.77. The Bertz CT molecular complexity index is 998. The summed E-state index contributed by atoms with van der Waals surface area (Å²) >= 11 is 0. The number of rotatable bonds is 4. The minimum atomic E-state index is -1.03. The summed E-state index contributed by atoms with van der Waals surface area (Å²) in [5, 5.41) is 9.09. The number of carboxylic acid groups (broad SMARTS) is 1. The van der Waals surface area contributed by atoms with Gasteiger partial charge in [-0.05, 0) is 54.4 Å². The van der Waals surface area contributed by atoms with Crippen LogP contribution in [0.3, 0.4) is 0 Å². The van der Waals surface area contributed by atoms with E-state index < -0.39 is 17.2 Å². The van der Waals surface area contributed by atoms with Crippen LogP contribution in [0, 0.1) is 28.6 Å². The molecule has 0 radical (unpaired) electrons. The topological polar surface area (TPSA) is 97.9 Å². The van der Waals surface area contributed by atoms with Crippen molar-refractivity contribution in [3.05, 3.63) is 23.5 Å². The number of esters is 1. The third-order valence-corrected chi connectivity index (χ3v) is 10.2. The van der Waals surface area contributed by atoms with Gasteiger partial charge in [-0.1, -0.05) is 20.8 Å². The van der Waals surface area contributed by atoms with E-state index in [1.807, 2.05) is 0 Å². The largest absolute Gasteiger partial charge is 0.491 e. The van der Waals surface area contributed by atoms with Gasteiger partial charge in [0.15, 0.2) is 6.10 Å². The van der Waals surface area contributed by atoms with Crippen molar-refractivity contribution in [2.45, 2.75) is 76.0 Å². The molecule has 0 bridgehead atoms. The zero-order valence-electron chi connectivity index (χ0n) is 18.1. The van der Waals surface area contributed by atoms with Gasteiger partial charge in [0.2, 0.25) is 0 Å². The molecule has 2 saturated heterocycles. The number of cyclic esters (lactones) is 1. The van der Waals surface area contributed by atoms with Crippen LogP contribution in [0.1, 0.15) is 46.5 Å². The molecule has 3 aliphatic heterocycles. The molecule has 166 valence electrons. The van der Waals surface area contributed by atoms with Crippen molar-refractivity contribution in [3.63, 3.8) is 0 Å². The Balaban J connectivity index is 1.34. The minimum absolute atomic E-state index is 0.00923. The molecule has 1 N–H and O–H groups in total. The van der Waals surface area contributed by atoms with E-state index in [1.54, 1.807) is 0 Å². The Hall–Kier alpha value is -1.86. The first-order valence-corrected chi connectivity index (χ1v) is 11.5. The summed E-state index contributed by atoms with van der Waals surface area (Å²) in [6.07, 6.45) is 5.84. The second-order valence-corrected chi connectivity index (χ2v) is 11.2. The first-order chi connectivity index (χ1) is 14.7. The first-order valence-electron chi connectivity index (χ1n) is 11.5. The Labute approximate surface area is 180 Å². The molecule has 7 aliphatic rings. The fraction of sp³-hybridized carbons (Fsp3) is 0.750. The average Bonchev–Trinajstić information content (AvgIpc) is 3.60. The maximum atomic E-state index is 12.2. The minimum Gasteiger partial charge on any atom is -0.491 e. The standard InChI is InChI=1S/C24H28O7/c1-11(2)23-18(31-23)15-9-22(15)21(3)6-4-12-13(10-29-19(12)27)14(21)8-16-24(22,30-16)20(23)28-7-5-17(25)26/h5,7,11,14-16,18,20H,4,6,8-10H2,1-3H3,(H,25,26)/b7-5+/t14-,15-,16-,18-,20+,21-,22-,23-,24+/m0/s1. The van der Waals surface area contributed by atoms with Crippen LogP contribution in [-0.4, -0.2) is 53.2 Å². The van der Waals surface area contributed by atoms with Gasteiger partial charge in [-0.3, -0.25) is 0 Å². The van der Waals surface area contributed by atoms with Crippen LogP contribution in [0.25, 0.3) is 0 Å². The van der Waals surface area contributed by atoms with Crippen LogP contribution in [0.5, 0.6) is 0 Å². The molecule has 0 unspecified atom stereocenters. The van der Waals surface area contributed by atoms with Crippen molar-refractivity contribution < 1.29 is 33.6 Å². The van der Waals surface area contributed by atoms with Crippen LogP contribution < -0.4 is 0 Å². The van der Waals surface area contributed by atoms with Crippen LogP contribution in [-0.2, 0) is 28.5 Å². The lowest BCUT2D eigenvalue weighted by atomic mass is 9.45. The smallest absolute Gasteiger partial charge is 0.334 e. The molecule has 2 spiro atoms. The normalized spacial score (nSPS) is 54.8. The molecule has 4 aliphatic carbocycles. The Morgan fingerprint density at radius 3 is 2.87 bits per heavy atom. The van der Waals surface area contributed by atoms with Crippen molar-refractivity contribution in [2.75, 3.05) is 6.61 Å². The van der Waals surface area contributed by atoms with Gasteiger partial charge in [0.1, 0.15) is 17.8 Å². The monoisotopic (exact) mass is 428 g/mol. The SMILES string of the molecule is CC(C)[C@]12O[C@H]1[C@@H]1C[C@]13[C@]1(O[C@H]1C[C@H]1C4=C(CC[C@@]13C)C(=O)OC4)[C@@H]2O/C=C/C(=O)O. The Morgan fingerprint density at radius 1 is 1.32 bits per heavy atom. The Kier molecular flexibility index (Phi) is 3.13. The van der Waals surface area contributed by atoms with E-state index in [2.05, 4.69) is 20.8 Å². The van der Waals surface area contributed by atoms with E-state index in [4.69, 9.17) is 24.1 Å². The molecule has 0 amide bonds. The van der Waals surface area contributed by atoms with E-state index in [0.29, 0.717) is 12.5 Å². The quantitative estimate of drug-likeness (QED) is 0.318. The van der Waals surface area contributed by atoms with Crippen molar-refractivity contribution in [1.29, 1.82) is 0 Å². The highest BCUT2D eigenvalue weighted by Gasteiger charge is 2.98. The predicted molar refractivity (Wildman–Crippen MR) is 106 cm³/mol. The van der Waals surface area contributed by atoms with Gasteiger partial charge in [-0.25, -0.2) is 9.59 Å².